The van der Waals surface area contributed by atoms with Crippen molar-refractivity contribution in [1.82, 2.24) is 15.2 Å². The lowest BCUT2D eigenvalue weighted by Gasteiger charge is -2.17. The number of sulfone groups is 1. The quantitative estimate of drug-likeness (QED) is 0.772. The molecule has 0 spiro atoms. The molecule has 1 aliphatic rings. The number of aliphatic hydroxyl groups excluding tert-OH is 1. The zero-order valence-electron chi connectivity index (χ0n) is 15.3. The minimum atomic E-state index is -3.29. The predicted molar refractivity (Wildman–Crippen MR) is 101 cm³/mol. The normalized spacial score (nSPS) is 15.4. The molecule has 0 bridgehead atoms. The zero-order valence-corrected chi connectivity index (χ0v) is 16.2. The minimum Gasteiger partial charge on any atom is -0.394 e. The second kappa shape index (κ2) is 7.75. The van der Waals surface area contributed by atoms with E-state index < -0.39 is 15.9 Å². The fourth-order valence-corrected chi connectivity index (χ4v) is 3.98. The molecule has 0 fully saturated rings. The lowest BCUT2D eigenvalue weighted by Crippen LogP contribution is -2.31. The highest BCUT2D eigenvalue weighted by Crippen LogP contribution is 2.21. The Bertz CT molecular complexity index is 942. The molecule has 0 radical (unpaired) electrons. The maximum atomic E-state index is 12.6. The number of amides is 1. The van der Waals surface area contributed by atoms with Crippen LogP contribution in [0, 0.1) is 0 Å². The van der Waals surface area contributed by atoms with Crippen molar-refractivity contribution in [2.24, 2.45) is 0 Å². The number of aliphatic hydroxyl groups is 1. The predicted octanol–water partition coefficient (Wildman–Crippen LogP) is 1.28. The van der Waals surface area contributed by atoms with Crippen molar-refractivity contribution in [3.63, 3.8) is 0 Å². The molecule has 0 saturated heterocycles. The van der Waals surface area contributed by atoms with Crippen molar-refractivity contribution in [2.45, 2.75) is 31.0 Å². The summed E-state index contributed by atoms with van der Waals surface area (Å²) in [5.41, 5.74) is 3.07. The molecule has 2 aromatic rings. The van der Waals surface area contributed by atoms with Gasteiger partial charge in [-0.25, -0.2) is 8.42 Å². The molecule has 0 aliphatic carbocycles. The van der Waals surface area contributed by atoms with Gasteiger partial charge in [-0.3, -0.25) is 14.7 Å². The van der Waals surface area contributed by atoms with E-state index in [2.05, 4.69) is 15.2 Å². The third-order valence-corrected chi connectivity index (χ3v) is 6.44. The van der Waals surface area contributed by atoms with Gasteiger partial charge in [0.1, 0.15) is 0 Å². The fraction of sp³-hybridized carbons (Fsp3) is 0.368. The third kappa shape index (κ3) is 4.18. The van der Waals surface area contributed by atoms with Gasteiger partial charge in [-0.1, -0.05) is 19.1 Å². The maximum Gasteiger partial charge on any atom is 0.253 e. The van der Waals surface area contributed by atoms with Crippen LogP contribution in [0.3, 0.4) is 0 Å². The summed E-state index contributed by atoms with van der Waals surface area (Å²) in [6.07, 6.45) is 1.54. The largest absolute Gasteiger partial charge is 0.394 e. The number of benzene rings is 1. The van der Waals surface area contributed by atoms with Crippen LogP contribution in [-0.4, -0.2) is 48.7 Å². The molecular weight excluding hydrogens is 366 g/mol. The Hall–Kier alpha value is -2.29. The van der Waals surface area contributed by atoms with Crippen molar-refractivity contribution in [1.29, 1.82) is 0 Å². The number of fused-ring (bicyclic) bond motifs is 1. The van der Waals surface area contributed by atoms with Crippen LogP contribution in [0.15, 0.2) is 41.4 Å². The van der Waals surface area contributed by atoms with E-state index in [4.69, 9.17) is 0 Å². The number of hydrogen-bond acceptors (Lipinski definition) is 6. The number of carbonyl (C=O) groups excluding carboxylic acids is 1. The summed E-state index contributed by atoms with van der Waals surface area (Å²) in [4.78, 5) is 19.3. The van der Waals surface area contributed by atoms with Crippen LogP contribution in [0.1, 0.15) is 40.1 Å². The zero-order chi connectivity index (χ0) is 19.6. The number of nitrogens with one attached hydrogen (secondary N) is 1. The first-order valence-corrected chi connectivity index (χ1v) is 10.4. The van der Waals surface area contributed by atoms with Crippen LogP contribution in [0.4, 0.5) is 0 Å². The standard InChI is InChI=1S/C19H23N3O4S/c1-3-27(25,26)16-6-4-13(5-7-16)18(12-23)21-19(24)14-8-15-10-22(2)11-17(15)20-9-14/h4-9,18,23H,3,10-12H2,1-2H3,(H,21,24)/t18-/m0/s1. The Labute approximate surface area is 159 Å². The number of nitrogens with zero attached hydrogens (tertiary/aromatic N) is 2. The number of rotatable bonds is 6. The van der Waals surface area contributed by atoms with Crippen LogP contribution >= 0.6 is 0 Å². The number of pyridine rings is 1. The molecule has 7 nitrogen and oxygen atoms in total. The second-order valence-electron chi connectivity index (χ2n) is 6.68. The van der Waals surface area contributed by atoms with E-state index in [0.717, 1.165) is 24.3 Å². The van der Waals surface area contributed by atoms with Crippen LogP contribution < -0.4 is 5.32 Å². The minimum absolute atomic E-state index is 0.0209. The highest BCUT2D eigenvalue weighted by Gasteiger charge is 2.21. The fourth-order valence-electron chi connectivity index (χ4n) is 3.09. The molecule has 8 heteroatoms. The first-order valence-electron chi connectivity index (χ1n) is 8.75. The van der Waals surface area contributed by atoms with Gasteiger partial charge in [-0.15, -0.1) is 0 Å². The van der Waals surface area contributed by atoms with E-state index in [1.54, 1.807) is 25.3 Å². The van der Waals surface area contributed by atoms with Gasteiger partial charge in [-0.05, 0) is 36.4 Å². The highest BCUT2D eigenvalue weighted by atomic mass is 32.2. The summed E-state index contributed by atoms with van der Waals surface area (Å²) in [5.74, 6) is -0.309. The molecule has 1 aliphatic heterocycles. The van der Waals surface area contributed by atoms with E-state index in [1.165, 1.54) is 12.1 Å². The Morgan fingerprint density at radius 3 is 2.63 bits per heavy atom. The SMILES string of the molecule is CCS(=O)(=O)c1ccc([C@H](CO)NC(=O)c2cnc3c(c2)CN(C)C3)cc1. The smallest absolute Gasteiger partial charge is 0.253 e. The summed E-state index contributed by atoms with van der Waals surface area (Å²) >= 11 is 0. The lowest BCUT2D eigenvalue weighted by atomic mass is 10.1. The molecule has 3 rings (SSSR count). The Balaban J connectivity index is 1.75. The van der Waals surface area contributed by atoms with E-state index >= 15 is 0 Å². The van der Waals surface area contributed by atoms with Crippen molar-refractivity contribution in [2.75, 3.05) is 19.4 Å². The summed E-state index contributed by atoms with van der Waals surface area (Å²) < 4.78 is 23.8. The summed E-state index contributed by atoms with van der Waals surface area (Å²) in [6.45, 7) is 2.80. The van der Waals surface area contributed by atoms with E-state index in [9.17, 15) is 18.3 Å². The molecule has 0 unspecified atom stereocenters. The number of carbonyl (C=O) groups is 1. The lowest BCUT2D eigenvalue weighted by molar-refractivity contribution is 0.0915. The van der Waals surface area contributed by atoms with Crippen LogP contribution in [0.5, 0.6) is 0 Å². The van der Waals surface area contributed by atoms with Crippen molar-refractivity contribution in [3.8, 4) is 0 Å². The molecule has 1 amide bonds. The summed E-state index contributed by atoms with van der Waals surface area (Å²) in [6, 6.07) is 7.41. The average Bonchev–Trinajstić information content (AvgIpc) is 3.05. The van der Waals surface area contributed by atoms with Crippen LogP contribution in [0.2, 0.25) is 0 Å². The molecule has 1 aromatic heterocycles. The van der Waals surface area contributed by atoms with E-state index in [0.29, 0.717) is 11.1 Å². The van der Waals surface area contributed by atoms with E-state index in [1.807, 2.05) is 13.1 Å². The molecular formula is C19H23N3O4S. The van der Waals surface area contributed by atoms with Crippen LogP contribution in [-0.2, 0) is 22.9 Å². The van der Waals surface area contributed by atoms with E-state index in [-0.39, 0.29) is 23.2 Å². The highest BCUT2D eigenvalue weighted by molar-refractivity contribution is 7.91. The third-order valence-electron chi connectivity index (χ3n) is 4.69. The van der Waals surface area contributed by atoms with Gasteiger partial charge in [0.15, 0.2) is 9.84 Å². The molecule has 2 heterocycles. The first-order chi connectivity index (χ1) is 12.8. The molecule has 144 valence electrons. The second-order valence-corrected chi connectivity index (χ2v) is 8.96. The Morgan fingerprint density at radius 2 is 2.00 bits per heavy atom. The monoisotopic (exact) mass is 389 g/mol. The maximum absolute atomic E-state index is 12.6. The first kappa shape index (κ1) is 19.5. The summed E-state index contributed by atoms with van der Waals surface area (Å²) in [5, 5.41) is 12.5. The molecule has 27 heavy (non-hydrogen) atoms. The van der Waals surface area contributed by atoms with Gasteiger partial charge < -0.3 is 10.4 Å². The van der Waals surface area contributed by atoms with Crippen molar-refractivity contribution in [3.05, 3.63) is 58.9 Å². The van der Waals surface area contributed by atoms with Gasteiger partial charge in [-0.2, -0.15) is 0 Å². The van der Waals surface area contributed by atoms with Gasteiger partial charge >= 0.3 is 0 Å². The Morgan fingerprint density at radius 1 is 1.30 bits per heavy atom. The topological polar surface area (TPSA) is 99.6 Å². The number of aromatic nitrogens is 1. The molecule has 2 N–H and O–H groups in total. The van der Waals surface area contributed by atoms with Gasteiger partial charge in [0.05, 0.1) is 34.6 Å². The molecule has 0 saturated carbocycles. The average molecular weight is 389 g/mol. The van der Waals surface area contributed by atoms with Gasteiger partial charge in [0.25, 0.3) is 5.91 Å². The summed E-state index contributed by atoms with van der Waals surface area (Å²) in [7, 11) is -1.29. The van der Waals surface area contributed by atoms with Crippen molar-refractivity contribution < 1.29 is 18.3 Å². The molecule has 1 aromatic carbocycles. The van der Waals surface area contributed by atoms with Crippen molar-refractivity contribution >= 4 is 15.7 Å². The van der Waals surface area contributed by atoms with Gasteiger partial charge in [0, 0.05) is 19.3 Å². The van der Waals surface area contributed by atoms with Gasteiger partial charge in [0.2, 0.25) is 0 Å². The molecule has 1 atom stereocenters. The Kier molecular flexibility index (Phi) is 5.59. The number of hydrogen-bond donors (Lipinski definition) is 2. The van der Waals surface area contributed by atoms with Crippen LogP contribution in [0.25, 0.3) is 0 Å².